The Bertz CT molecular complexity index is 1240. The van der Waals surface area contributed by atoms with E-state index in [1.807, 2.05) is 48.5 Å². The average molecular weight is 537 g/mol. The molecule has 2 amide bonds. The van der Waals surface area contributed by atoms with Crippen LogP contribution in [0.4, 0.5) is 5.82 Å². The summed E-state index contributed by atoms with van der Waals surface area (Å²) in [5.74, 6) is 0.617. The maximum atomic E-state index is 13.3. The highest BCUT2D eigenvalue weighted by molar-refractivity contribution is 5.93. The first-order valence-electron chi connectivity index (χ1n) is 12.7. The summed E-state index contributed by atoms with van der Waals surface area (Å²) < 4.78 is 17.7. The molecular weight excluding hydrogens is 500 g/mol. The van der Waals surface area contributed by atoms with Crippen LogP contribution in [0.3, 0.4) is 0 Å². The molecule has 2 aromatic carbocycles. The predicted molar refractivity (Wildman–Crippen MR) is 148 cm³/mol. The number of carbonyl (C=O) groups is 3. The quantitative estimate of drug-likeness (QED) is 0.248. The summed E-state index contributed by atoms with van der Waals surface area (Å²) in [4.78, 5) is 38.8. The Morgan fingerprint density at radius 2 is 1.69 bits per heavy atom. The molecule has 3 aromatic rings. The molecule has 0 bridgehead atoms. The first-order chi connectivity index (χ1) is 18.8. The molecule has 0 aliphatic heterocycles. The molecule has 0 saturated carbocycles. The van der Waals surface area contributed by atoms with Crippen molar-refractivity contribution >= 4 is 24.1 Å². The second kappa shape index (κ2) is 14.0. The molecule has 0 radical (unpaired) electrons. The number of carbonyl (C=O) groups excluding carboxylic acids is 3. The zero-order valence-electron chi connectivity index (χ0n) is 23.0. The van der Waals surface area contributed by atoms with E-state index in [2.05, 4.69) is 23.9 Å². The van der Waals surface area contributed by atoms with Crippen molar-refractivity contribution in [2.24, 2.45) is 5.92 Å². The second-order valence-corrected chi connectivity index (χ2v) is 9.35. The number of aromatic nitrogens is 2. The summed E-state index contributed by atoms with van der Waals surface area (Å²) in [5, 5.41) is 7.33. The van der Waals surface area contributed by atoms with Crippen molar-refractivity contribution in [2.45, 2.75) is 39.3 Å². The summed E-state index contributed by atoms with van der Waals surface area (Å²) >= 11 is 0. The molecule has 0 saturated heterocycles. The van der Waals surface area contributed by atoms with Crippen molar-refractivity contribution in [3.8, 4) is 22.8 Å². The fraction of sp³-hybridized carbons (Fsp3) is 0.379. The lowest BCUT2D eigenvalue weighted by Crippen LogP contribution is -2.48. The molecule has 10 heteroatoms. The molecular formula is C29H36N4O6. The molecule has 39 heavy (non-hydrogen) atoms. The van der Waals surface area contributed by atoms with Gasteiger partial charge in [-0.1, -0.05) is 50.2 Å². The molecule has 0 aliphatic carbocycles. The Morgan fingerprint density at radius 3 is 2.26 bits per heavy atom. The van der Waals surface area contributed by atoms with Gasteiger partial charge >= 0.3 is 5.97 Å². The molecule has 0 unspecified atom stereocenters. The molecule has 1 N–H and O–H groups in total. The minimum atomic E-state index is -0.929. The largest absolute Gasteiger partial charge is 0.496 e. The fourth-order valence-corrected chi connectivity index (χ4v) is 4.30. The van der Waals surface area contributed by atoms with Gasteiger partial charge in [-0.25, -0.2) is 0 Å². The number of hydrogen-bond donors (Lipinski definition) is 1. The Morgan fingerprint density at radius 1 is 1.03 bits per heavy atom. The Hall–Kier alpha value is -4.34. The van der Waals surface area contributed by atoms with E-state index in [9.17, 15) is 14.4 Å². The van der Waals surface area contributed by atoms with Crippen molar-refractivity contribution in [3.05, 3.63) is 60.2 Å². The van der Waals surface area contributed by atoms with Crippen LogP contribution in [0.1, 0.15) is 25.8 Å². The normalized spacial score (nSPS) is 11.5. The third-order valence-electron chi connectivity index (χ3n) is 6.19. The van der Waals surface area contributed by atoms with Crippen LogP contribution >= 0.6 is 0 Å². The van der Waals surface area contributed by atoms with E-state index in [-0.39, 0.29) is 12.5 Å². The summed E-state index contributed by atoms with van der Waals surface area (Å²) in [6.07, 6.45) is 1.43. The number of esters is 1. The smallest absolute Gasteiger partial charge is 0.325 e. The summed E-state index contributed by atoms with van der Waals surface area (Å²) in [6, 6.07) is 16.0. The van der Waals surface area contributed by atoms with Gasteiger partial charge in [-0.05, 0) is 36.5 Å². The summed E-state index contributed by atoms with van der Waals surface area (Å²) in [6.45, 7) is 4.36. The SMILES string of the molecule is COC(=O)CNC(=O)[C@H](CCc1ccccc1)N(C=O)c1cc(-c2c(OC)cccc2OC)n(CC(C)C)n1. The van der Waals surface area contributed by atoms with Gasteiger partial charge in [0.25, 0.3) is 0 Å². The van der Waals surface area contributed by atoms with Gasteiger partial charge in [0.05, 0.1) is 32.6 Å². The van der Waals surface area contributed by atoms with Crippen LogP contribution in [0.2, 0.25) is 0 Å². The van der Waals surface area contributed by atoms with Crippen LogP contribution in [-0.2, 0) is 32.1 Å². The van der Waals surface area contributed by atoms with Crippen LogP contribution in [-0.4, -0.2) is 62.0 Å². The van der Waals surface area contributed by atoms with E-state index in [4.69, 9.17) is 14.6 Å². The first-order valence-corrected chi connectivity index (χ1v) is 12.7. The molecule has 10 nitrogen and oxygen atoms in total. The van der Waals surface area contributed by atoms with E-state index in [0.717, 1.165) is 5.56 Å². The highest BCUT2D eigenvalue weighted by Crippen LogP contribution is 2.40. The Labute approximate surface area is 228 Å². The second-order valence-electron chi connectivity index (χ2n) is 9.35. The van der Waals surface area contributed by atoms with Gasteiger partial charge in [0.15, 0.2) is 5.82 Å². The lowest BCUT2D eigenvalue weighted by atomic mass is 10.0. The molecule has 0 fully saturated rings. The van der Waals surface area contributed by atoms with Crippen molar-refractivity contribution in [1.29, 1.82) is 0 Å². The molecule has 1 atom stereocenters. The number of anilines is 1. The number of hydrogen-bond acceptors (Lipinski definition) is 7. The first kappa shape index (κ1) is 29.2. The summed E-state index contributed by atoms with van der Waals surface area (Å²) in [7, 11) is 4.39. The lowest BCUT2D eigenvalue weighted by Gasteiger charge is -2.25. The number of rotatable bonds is 14. The van der Waals surface area contributed by atoms with E-state index in [1.165, 1.54) is 12.0 Å². The highest BCUT2D eigenvalue weighted by atomic mass is 16.5. The number of nitrogens with one attached hydrogen (secondary N) is 1. The van der Waals surface area contributed by atoms with Gasteiger partial charge in [-0.2, -0.15) is 5.10 Å². The highest BCUT2D eigenvalue weighted by Gasteiger charge is 2.30. The van der Waals surface area contributed by atoms with Crippen LogP contribution in [0.5, 0.6) is 11.5 Å². The van der Waals surface area contributed by atoms with Gasteiger partial charge < -0.3 is 19.5 Å². The number of amides is 2. The minimum Gasteiger partial charge on any atom is -0.496 e. The van der Waals surface area contributed by atoms with Gasteiger partial charge in [-0.3, -0.25) is 24.0 Å². The number of benzene rings is 2. The van der Waals surface area contributed by atoms with Gasteiger partial charge in [0.2, 0.25) is 12.3 Å². The number of nitrogens with zero attached hydrogens (tertiary/aromatic N) is 3. The molecule has 208 valence electrons. The van der Waals surface area contributed by atoms with Crippen LogP contribution in [0, 0.1) is 5.92 Å². The average Bonchev–Trinajstić information content (AvgIpc) is 3.35. The van der Waals surface area contributed by atoms with E-state index in [0.29, 0.717) is 54.4 Å². The Kier molecular flexibility index (Phi) is 10.5. The van der Waals surface area contributed by atoms with Crippen molar-refractivity contribution in [3.63, 3.8) is 0 Å². The topological polar surface area (TPSA) is 112 Å². The lowest BCUT2D eigenvalue weighted by molar-refractivity contribution is -0.141. The monoisotopic (exact) mass is 536 g/mol. The number of methoxy groups -OCH3 is 3. The van der Waals surface area contributed by atoms with Crippen LogP contribution in [0.15, 0.2) is 54.6 Å². The molecule has 0 aliphatic rings. The third-order valence-corrected chi connectivity index (χ3v) is 6.19. The van der Waals surface area contributed by atoms with Gasteiger partial charge in [-0.15, -0.1) is 0 Å². The van der Waals surface area contributed by atoms with Crippen LogP contribution < -0.4 is 19.7 Å². The van der Waals surface area contributed by atoms with Crippen molar-refractivity contribution < 1.29 is 28.6 Å². The number of ether oxygens (including phenoxy) is 3. The van der Waals surface area contributed by atoms with E-state index in [1.54, 1.807) is 25.0 Å². The molecule has 1 heterocycles. The maximum Gasteiger partial charge on any atom is 0.325 e. The summed E-state index contributed by atoms with van der Waals surface area (Å²) in [5.41, 5.74) is 2.37. The number of aryl methyl sites for hydroxylation is 1. The molecule has 3 rings (SSSR count). The van der Waals surface area contributed by atoms with E-state index < -0.39 is 17.9 Å². The van der Waals surface area contributed by atoms with Crippen molar-refractivity contribution in [1.82, 2.24) is 15.1 Å². The van der Waals surface area contributed by atoms with E-state index >= 15 is 0 Å². The zero-order chi connectivity index (χ0) is 28.4. The van der Waals surface area contributed by atoms with Gasteiger partial charge in [0.1, 0.15) is 24.1 Å². The third kappa shape index (κ3) is 7.37. The van der Waals surface area contributed by atoms with Crippen molar-refractivity contribution in [2.75, 3.05) is 32.8 Å². The predicted octanol–water partition coefficient (Wildman–Crippen LogP) is 3.48. The fourth-order valence-electron chi connectivity index (χ4n) is 4.30. The standard InChI is InChI=1S/C29H36N4O6/c1-20(2)18-33-23(28-24(37-3)12-9-13-25(28)38-4)16-26(31-33)32(19-34)22(29(36)30-17-27(35)39-5)15-14-21-10-7-6-8-11-21/h6-13,16,19-20,22H,14-15,17-18H2,1-5H3,(H,30,36)/t22-/m0/s1. The van der Waals surface area contributed by atoms with Gasteiger partial charge in [0, 0.05) is 12.6 Å². The molecule has 1 aromatic heterocycles. The maximum absolute atomic E-state index is 13.3. The van der Waals surface area contributed by atoms with Crippen LogP contribution in [0.25, 0.3) is 11.3 Å². The minimum absolute atomic E-state index is 0.235. The Balaban J connectivity index is 2.06. The zero-order valence-corrected chi connectivity index (χ0v) is 23.0. The molecule has 0 spiro atoms.